The van der Waals surface area contributed by atoms with E-state index in [-0.39, 0.29) is 12.1 Å². The third-order valence-corrected chi connectivity index (χ3v) is 9.27. The summed E-state index contributed by atoms with van der Waals surface area (Å²) in [6, 6.07) is 0.404. The minimum Gasteiger partial charge on any atom is -0.492 e. The summed E-state index contributed by atoms with van der Waals surface area (Å²) in [5, 5.41) is 0. The number of hydrogen-bond donors (Lipinski definition) is 2. The minimum atomic E-state index is 0.202. The zero-order valence-corrected chi connectivity index (χ0v) is 29.5. The Balaban J connectivity index is 1.89. The van der Waals surface area contributed by atoms with Crippen molar-refractivity contribution in [1.82, 2.24) is 9.80 Å². The second-order valence-electron chi connectivity index (χ2n) is 11.4. The zero-order valence-electron chi connectivity index (χ0n) is 29.5. The maximum Gasteiger partial charge on any atom is 0.207 e. The Labute approximate surface area is 275 Å². The topological polar surface area (TPSA) is 132 Å². The van der Waals surface area contributed by atoms with Crippen LogP contribution in [0.2, 0.25) is 0 Å². The largest absolute Gasteiger partial charge is 0.492 e. The second-order valence-corrected chi connectivity index (χ2v) is 11.4. The van der Waals surface area contributed by atoms with Crippen LogP contribution in [0.3, 0.4) is 0 Å². The molecule has 2 unspecified atom stereocenters. The molecule has 1 aliphatic heterocycles. The summed E-state index contributed by atoms with van der Waals surface area (Å²) in [6.45, 7) is 8.79. The van der Waals surface area contributed by atoms with Gasteiger partial charge in [-0.1, -0.05) is 0 Å². The average Bonchev–Trinajstić information content (AvgIpc) is 3.08. The van der Waals surface area contributed by atoms with E-state index in [0.717, 1.165) is 74.1 Å². The molecule has 12 nitrogen and oxygen atoms in total. The molecule has 2 aromatic carbocycles. The van der Waals surface area contributed by atoms with Crippen LogP contribution in [0.5, 0.6) is 46.0 Å². The molecule has 46 heavy (non-hydrogen) atoms. The molecule has 1 fully saturated rings. The Hall–Kier alpha value is -3.32. The summed E-state index contributed by atoms with van der Waals surface area (Å²) in [7, 11) is 13.0. The highest BCUT2D eigenvalue weighted by molar-refractivity contribution is 5.68. The molecule has 4 N–H and O–H groups in total. The lowest BCUT2D eigenvalue weighted by Gasteiger charge is -2.43. The van der Waals surface area contributed by atoms with Gasteiger partial charge in [-0.05, 0) is 52.6 Å². The SMILES string of the molecule is COc1c(C)c(CC(CCN)N2CCN(C(CCN)Cc3c(C)c(OC)c(OC)c(OC)c3OC)CC2)c(OC)c(OC)c1OC. The highest BCUT2D eigenvalue weighted by Gasteiger charge is 2.33. The maximum atomic E-state index is 6.17. The molecule has 12 heteroatoms. The summed E-state index contributed by atoms with van der Waals surface area (Å²) in [4.78, 5) is 5.08. The van der Waals surface area contributed by atoms with Crippen LogP contribution >= 0.6 is 0 Å². The van der Waals surface area contributed by atoms with Gasteiger partial charge in [0.2, 0.25) is 23.0 Å². The Bertz CT molecular complexity index is 1190. The molecule has 260 valence electrons. The summed E-state index contributed by atoms with van der Waals surface area (Å²) < 4.78 is 46.1. The lowest BCUT2D eigenvalue weighted by molar-refractivity contribution is 0.0638. The fourth-order valence-electron chi connectivity index (χ4n) is 6.95. The van der Waals surface area contributed by atoms with Crippen molar-refractivity contribution in [1.29, 1.82) is 0 Å². The normalized spacial score (nSPS) is 15.2. The lowest BCUT2D eigenvalue weighted by Crippen LogP contribution is -2.54. The van der Waals surface area contributed by atoms with E-state index in [0.29, 0.717) is 59.1 Å². The van der Waals surface area contributed by atoms with E-state index >= 15 is 0 Å². The number of rotatable bonds is 18. The van der Waals surface area contributed by atoms with E-state index in [1.54, 1.807) is 56.9 Å². The number of ether oxygens (including phenoxy) is 8. The summed E-state index contributed by atoms with van der Waals surface area (Å²) in [6.07, 6.45) is 3.15. The molecule has 0 amide bonds. The molecule has 0 saturated carbocycles. The van der Waals surface area contributed by atoms with Gasteiger partial charge in [-0.3, -0.25) is 9.80 Å². The number of hydrogen-bond acceptors (Lipinski definition) is 12. The summed E-state index contributed by atoms with van der Waals surface area (Å²) in [5.74, 6) is 4.73. The zero-order chi connectivity index (χ0) is 34.0. The summed E-state index contributed by atoms with van der Waals surface area (Å²) in [5.41, 5.74) is 16.3. The fourth-order valence-corrected chi connectivity index (χ4v) is 6.95. The monoisotopic (exact) mass is 648 g/mol. The average molecular weight is 649 g/mol. The van der Waals surface area contributed by atoms with Crippen molar-refractivity contribution in [2.24, 2.45) is 11.5 Å². The molecule has 0 bridgehead atoms. The van der Waals surface area contributed by atoms with Crippen LogP contribution in [0, 0.1) is 13.8 Å². The van der Waals surface area contributed by atoms with Crippen LogP contribution in [0.25, 0.3) is 0 Å². The molecule has 0 radical (unpaired) electrons. The first kappa shape index (κ1) is 37.1. The van der Waals surface area contributed by atoms with E-state index in [9.17, 15) is 0 Å². The van der Waals surface area contributed by atoms with Crippen molar-refractivity contribution < 1.29 is 37.9 Å². The van der Waals surface area contributed by atoms with Crippen LogP contribution in [-0.2, 0) is 12.8 Å². The van der Waals surface area contributed by atoms with Gasteiger partial charge >= 0.3 is 0 Å². The van der Waals surface area contributed by atoms with Crippen molar-refractivity contribution in [3.63, 3.8) is 0 Å². The first-order chi connectivity index (χ1) is 22.2. The van der Waals surface area contributed by atoms with Gasteiger partial charge in [-0.15, -0.1) is 0 Å². The number of nitrogens with zero attached hydrogens (tertiary/aromatic N) is 2. The van der Waals surface area contributed by atoms with Gasteiger partial charge in [-0.25, -0.2) is 0 Å². The third kappa shape index (κ3) is 7.46. The first-order valence-electron chi connectivity index (χ1n) is 15.8. The molecular weight excluding hydrogens is 592 g/mol. The van der Waals surface area contributed by atoms with Crippen molar-refractivity contribution >= 4 is 0 Å². The van der Waals surface area contributed by atoms with Gasteiger partial charge in [0.05, 0.1) is 56.9 Å². The maximum absolute atomic E-state index is 6.17. The Kier molecular flexibility index (Phi) is 14.2. The quantitative estimate of drug-likeness (QED) is 0.246. The smallest absolute Gasteiger partial charge is 0.207 e. The number of piperazine rings is 1. The minimum absolute atomic E-state index is 0.202. The van der Waals surface area contributed by atoms with E-state index in [4.69, 9.17) is 49.4 Å². The molecule has 1 saturated heterocycles. The Morgan fingerprint density at radius 2 is 0.717 bits per heavy atom. The Morgan fingerprint density at radius 1 is 0.457 bits per heavy atom. The molecule has 1 aliphatic rings. The van der Waals surface area contributed by atoms with Gasteiger partial charge in [0.1, 0.15) is 0 Å². The third-order valence-electron chi connectivity index (χ3n) is 9.27. The molecule has 1 heterocycles. The van der Waals surface area contributed by atoms with Gasteiger partial charge in [0.15, 0.2) is 23.0 Å². The van der Waals surface area contributed by atoms with E-state index in [1.807, 2.05) is 13.8 Å². The van der Waals surface area contributed by atoms with Crippen molar-refractivity contribution in [3.05, 3.63) is 22.3 Å². The number of nitrogens with two attached hydrogens (primary N) is 2. The van der Waals surface area contributed by atoms with E-state index in [2.05, 4.69) is 9.80 Å². The van der Waals surface area contributed by atoms with E-state index in [1.165, 1.54) is 0 Å². The standard InChI is InChI=1S/C34H56N4O8/c1-21-25(29(41-5)33(45-9)31(43-7)27(21)39-3)19-23(11-13-35)37-15-17-38(18-16-37)24(12-14-36)20-26-22(2)28(40-4)32(44-8)34(46-10)30(26)42-6/h23-24H,11-20,35-36H2,1-10H3. The van der Waals surface area contributed by atoms with Crippen LogP contribution in [0.1, 0.15) is 35.1 Å². The van der Waals surface area contributed by atoms with Gasteiger partial charge in [0.25, 0.3) is 0 Å². The molecule has 2 atom stereocenters. The van der Waals surface area contributed by atoms with Crippen molar-refractivity contribution in [3.8, 4) is 46.0 Å². The lowest BCUT2D eigenvalue weighted by atomic mass is 9.93. The fraction of sp³-hybridized carbons (Fsp3) is 0.647. The summed E-state index contributed by atoms with van der Waals surface area (Å²) >= 11 is 0. The molecule has 2 aromatic rings. The van der Waals surface area contributed by atoms with Crippen molar-refractivity contribution in [2.45, 2.75) is 51.6 Å². The Morgan fingerprint density at radius 3 is 0.957 bits per heavy atom. The number of methoxy groups -OCH3 is 8. The predicted molar refractivity (Wildman–Crippen MR) is 180 cm³/mol. The molecule has 3 rings (SSSR count). The first-order valence-corrected chi connectivity index (χ1v) is 15.8. The highest BCUT2D eigenvalue weighted by atomic mass is 16.6. The highest BCUT2D eigenvalue weighted by Crippen LogP contribution is 2.51. The van der Waals surface area contributed by atoms with Gasteiger partial charge < -0.3 is 49.4 Å². The molecule has 0 aliphatic carbocycles. The molecule has 0 spiro atoms. The van der Waals surface area contributed by atoms with Crippen LogP contribution in [0.4, 0.5) is 0 Å². The van der Waals surface area contributed by atoms with Crippen LogP contribution < -0.4 is 49.4 Å². The predicted octanol–water partition coefficient (Wildman–Crippen LogP) is 3.21. The van der Waals surface area contributed by atoms with Gasteiger partial charge in [0, 0.05) is 60.5 Å². The molecule has 0 aromatic heterocycles. The molecular formula is C34H56N4O8. The van der Waals surface area contributed by atoms with Crippen LogP contribution in [0.15, 0.2) is 0 Å². The van der Waals surface area contributed by atoms with E-state index < -0.39 is 0 Å². The number of benzene rings is 2. The van der Waals surface area contributed by atoms with Crippen molar-refractivity contribution in [2.75, 3.05) is 96.1 Å². The van der Waals surface area contributed by atoms with Crippen LogP contribution in [-0.4, -0.2) is 118 Å². The second kappa shape index (κ2) is 17.6. The van der Waals surface area contributed by atoms with Gasteiger partial charge in [-0.2, -0.15) is 0 Å².